The Morgan fingerprint density at radius 3 is 3.20 bits per heavy atom. The molecule has 0 aliphatic carbocycles. The van der Waals surface area contributed by atoms with Gasteiger partial charge in [0, 0.05) is 5.75 Å². The van der Waals surface area contributed by atoms with Crippen LogP contribution in [0.4, 0.5) is 0 Å². The topological polar surface area (TPSA) is 49.3 Å². The van der Waals surface area contributed by atoms with Crippen molar-refractivity contribution in [2.24, 2.45) is 0 Å². The summed E-state index contributed by atoms with van der Waals surface area (Å²) in [6, 6.07) is -0.326. The van der Waals surface area contributed by atoms with Crippen LogP contribution in [0.1, 0.15) is 6.42 Å². The number of aliphatic carboxylic acids is 1. The van der Waals surface area contributed by atoms with E-state index in [1.54, 1.807) is 11.8 Å². The molecule has 1 aliphatic heterocycles. The molecule has 2 N–H and O–H groups in total. The Morgan fingerprint density at radius 1 is 1.70 bits per heavy atom. The van der Waals surface area contributed by atoms with Gasteiger partial charge in [0.2, 0.25) is 0 Å². The van der Waals surface area contributed by atoms with Crippen LogP contribution in [0, 0.1) is 0 Å². The van der Waals surface area contributed by atoms with E-state index in [0.717, 1.165) is 18.7 Å². The van der Waals surface area contributed by atoms with Gasteiger partial charge in [-0.25, -0.2) is 0 Å². The number of hydrogen-bond donors (Lipinski definition) is 2. The first kappa shape index (κ1) is 7.88. The molecule has 3 nitrogen and oxygen atoms in total. The molecule has 10 heavy (non-hydrogen) atoms. The molecule has 1 aliphatic rings. The summed E-state index contributed by atoms with van der Waals surface area (Å²) in [5.41, 5.74) is 0. The summed E-state index contributed by atoms with van der Waals surface area (Å²) >= 11 is 1.71. The van der Waals surface area contributed by atoms with Crippen LogP contribution in [0.2, 0.25) is 0 Å². The molecular formula is C6H11NO2S. The number of hydrogen-bond acceptors (Lipinski definition) is 3. The maximum Gasteiger partial charge on any atom is 0.321 e. The van der Waals surface area contributed by atoms with Gasteiger partial charge in [-0.3, -0.25) is 4.79 Å². The zero-order chi connectivity index (χ0) is 7.40. The molecule has 0 aromatic heterocycles. The number of nitrogens with one attached hydrogen (secondary N) is 1. The number of carboxylic acid groups (broad SMARTS) is 1. The van der Waals surface area contributed by atoms with Crippen molar-refractivity contribution >= 4 is 17.7 Å². The van der Waals surface area contributed by atoms with Gasteiger partial charge < -0.3 is 10.4 Å². The smallest absolute Gasteiger partial charge is 0.321 e. The number of rotatable bonds is 1. The second kappa shape index (κ2) is 3.83. The largest absolute Gasteiger partial charge is 0.480 e. The van der Waals surface area contributed by atoms with Gasteiger partial charge in [0.05, 0.1) is 0 Å². The second-order valence-corrected chi connectivity index (χ2v) is 3.42. The summed E-state index contributed by atoms with van der Waals surface area (Å²) in [5.74, 6) is 1.06. The van der Waals surface area contributed by atoms with Gasteiger partial charge >= 0.3 is 5.97 Å². The molecule has 4 heteroatoms. The fourth-order valence-electron chi connectivity index (χ4n) is 0.869. The minimum atomic E-state index is -0.727. The van der Waals surface area contributed by atoms with Crippen LogP contribution >= 0.6 is 11.8 Å². The fraction of sp³-hybridized carbons (Fsp3) is 0.833. The van der Waals surface area contributed by atoms with Gasteiger partial charge in [-0.2, -0.15) is 11.8 Å². The average Bonchev–Trinajstić information content (AvgIpc) is 2.12. The van der Waals surface area contributed by atoms with Crippen molar-refractivity contribution in [2.75, 3.05) is 18.1 Å². The quantitative estimate of drug-likeness (QED) is 0.575. The third-order valence-corrected chi connectivity index (χ3v) is 2.59. The Morgan fingerprint density at radius 2 is 2.50 bits per heavy atom. The van der Waals surface area contributed by atoms with Crippen molar-refractivity contribution in [3.05, 3.63) is 0 Å². The first-order valence-corrected chi connectivity index (χ1v) is 4.50. The SMILES string of the molecule is O=C(O)C1CSCCCN1. The monoisotopic (exact) mass is 161 g/mol. The first-order chi connectivity index (χ1) is 4.80. The van der Waals surface area contributed by atoms with Crippen molar-refractivity contribution in [1.29, 1.82) is 0 Å². The second-order valence-electron chi connectivity index (χ2n) is 2.27. The van der Waals surface area contributed by atoms with Gasteiger partial charge in [0.15, 0.2) is 0 Å². The Hall–Kier alpha value is -0.220. The highest BCUT2D eigenvalue weighted by molar-refractivity contribution is 7.99. The number of thioether (sulfide) groups is 1. The van der Waals surface area contributed by atoms with Crippen LogP contribution in [-0.2, 0) is 4.79 Å². The van der Waals surface area contributed by atoms with Crippen molar-refractivity contribution in [3.63, 3.8) is 0 Å². The van der Waals surface area contributed by atoms with E-state index in [1.165, 1.54) is 0 Å². The summed E-state index contributed by atoms with van der Waals surface area (Å²) < 4.78 is 0. The highest BCUT2D eigenvalue weighted by Crippen LogP contribution is 2.08. The molecule has 1 heterocycles. The van der Waals surface area contributed by atoms with Crippen LogP contribution in [-0.4, -0.2) is 35.2 Å². The predicted octanol–water partition coefficient (Wildman–Crippen LogP) is 0.166. The molecular weight excluding hydrogens is 150 g/mol. The Bertz CT molecular complexity index is 121. The molecule has 0 spiro atoms. The van der Waals surface area contributed by atoms with Crippen molar-refractivity contribution in [3.8, 4) is 0 Å². The standard InChI is InChI=1S/C6H11NO2S/c8-6(9)5-4-10-3-1-2-7-5/h5,7H,1-4H2,(H,8,9). The highest BCUT2D eigenvalue weighted by atomic mass is 32.2. The van der Waals surface area contributed by atoms with E-state index in [1.807, 2.05) is 0 Å². The van der Waals surface area contributed by atoms with E-state index < -0.39 is 5.97 Å². The summed E-state index contributed by atoms with van der Waals surface area (Å²) in [5, 5.41) is 11.5. The van der Waals surface area contributed by atoms with Gasteiger partial charge in [-0.05, 0) is 18.7 Å². The summed E-state index contributed by atoms with van der Waals surface area (Å²) in [4.78, 5) is 10.4. The Kier molecular flexibility index (Phi) is 3.02. The summed E-state index contributed by atoms with van der Waals surface area (Å²) in [7, 11) is 0. The minimum Gasteiger partial charge on any atom is -0.480 e. The number of carbonyl (C=O) groups is 1. The molecule has 0 aromatic carbocycles. The van der Waals surface area contributed by atoms with Gasteiger partial charge in [0.1, 0.15) is 6.04 Å². The van der Waals surface area contributed by atoms with Crippen LogP contribution < -0.4 is 5.32 Å². The van der Waals surface area contributed by atoms with Gasteiger partial charge in [0.25, 0.3) is 0 Å². The molecule has 0 aromatic rings. The fourth-order valence-corrected chi connectivity index (χ4v) is 1.88. The molecule has 1 rings (SSSR count). The molecule has 1 atom stereocenters. The summed E-state index contributed by atoms with van der Waals surface area (Å²) in [6.07, 6.45) is 1.08. The number of carboxylic acids is 1. The van der Waals surface area contributed by atoms with E-state index in [9.17, 15) is 4.79 Å². The van der Waals surface area contributed by atoms with Crippen LogP contribution in [0.3, 0.4) is 0 Å². The first-order valence-electron chi connectivity index (χ1n) is 3.34. The van der Waals surface area contributed by atoms with Crippen molar-refractivity contribution < 1.29 is 9.90 Å². The highest BCUT2D eigenvalue weighted by Gasteiger charge is 2.17. The molecule has 0 amide bonds. The summed E-state index contributed by atoms with van der Waals surface area (Å²) in [6.45, 7) is 0.837. The molecule has 1 unspecified atom stereocenters. The lowest BCUT2D eigenvalue weighted by Crippen LogP contribution is -2.37. The lowest BCUT2D eigenvalue weighted by molar-refractivity contribution is -0.138. The van der Waals surface area contributed by atoms with E-state index in [2.05, 4.69) is 5.32 Å². The lowest BCUT2D eigenvalue weighted by Gasteiger charge is -2.07. The van der Waals surface area contributed by atoms with Crippen LogP contribution in [0.5, 0.6) is 0 Å². The third-order valence-electron chi connectivity index (χ3n) is 1.44. The van der Waals surface area contributed by atoms with E-state index >= 15 is 0 Å². The maximum absolute atomic E-state index is 10.4. The Balaban J connectivity index is 2.35. The molecule has 58 valence electrons. The molecule has 1 fully saturated rings. The third kappa shape index (κ3) is 2.19. The van der Waals surface area contributed by atoms with E-state index in [0.29, 0.717) is 5.75 Å². The van der Waals surface area contributed by atoms with Crippen molar-refractivity contribution in [1.82, 2.24) is 5.32 Å². The zero-order valence-electron chi connectivity index (χ0n) is 5.67. The van der Waals surface area contributed by atoms with E-state index in [4.69, 9.17) is 5.11 Å². The average molecular weight is 161 g/mol. The minimum absolute atomic E-state index is 0.326. The zero-order valence-corrected chi connectivity index (χ0v) is 6.49. The molecule has 1 saturated heterocycles. The molecule has 0 saturated carbocycles. The maximum atomic E-state index is 10.4. The lowest BCUT2D eigenvalue weighted by atomic mass is 10.3. The van der Waals surface area contributed by atoms with Crippen LogP contribution in [0.25, 0.3) is 0 Å². The Labute approximate surface area is 64.2 Å². The van der Waals surface area contributed by atoms with Crippen LogP contribution in [0.15, 0.2) is 0 Å². The van der Waals surface area contributed by atoms with Crippen molar-refractivity contribution in [2.45, 2.75) is 12.5 Å². The molecule has 0 bridgehead atoms. The predicted molar refractivity (Wildman–Crippen MR) is 41.4 cm³/mol. The van der Waals surface area contributed by atoms with Gasteiger partial charge in [-0.1, -0.05) is 0 Å². The normalized spacial score (nSPS) is 27.4. The van der Waals surface area contributed by atoms with E-state index in [-0.39, 0.29) is 6.04 Å². The van der Waals surface area contributed by atoms with Gasteiger partial charge in [-0.15, -0.1) is 0 Å². The molecule has 0 radical (unpaired) electrons.